The van der Waals surface area contributed by atoms with Crippen LogP contribution in [0.5, 0.6) is 5.75 Å². The van der Waals surface area contributed by atoms with Crippen LogP contribution in [-0.4, -0.2) is 37.2 Å². The number of nitrogens with one attached hydrogen (secondary N) is 1. The van der Waals surface area contributed by atoms with E-state index in [0.717, 1.165) is 0 Å². The molecule has 0 fully saturated rings. The average molecular weight is 268 g/mol. The molecule has 1 aromatic rings. The maximum Gasteiger partial charge on any atom is 0.326 e. The molecule has 0 amide bonds. The molecule has 1 aromatic carbocycles. The quantitative estimate of drug-likeness (QED) is 0.453. The van der Waals surface area contributed by atoms with E-state index in [1.54, 1.807) is 6.07 Å². The zero-order chi connectivity index (χ0) is 14.3. The highest BCUT2D eigenvalue weighted by atomic mass is 16.6. The fraction of sp³-hybridized carbons (Fsp3) is 0.417. The topological polar surface area (TPSA) is 90.7 Å². The Balaban J connectivity index is 2.65. The summed E-state index contributed by atoms with van der Waals surface area (Å²) in [5, 5.41) is 13.5. The first kappa shape index (κ1) is 14.9. The molecule has 0 spiro atoms. The first-order valence-corrected chi connectivity index (χ1v) is 5.77. The van der Waals surface area contributed by atoms with E-state index in [1.165, 1.54) is 25.3 Å². The van der Waals surface area contributed by atoms with Crippen LogP contribution in [0.4, 0.5) is 5.69 Å². The Kier molecular flexibility index (Phi) is 5.74. The number of nitrogens with zero attached hydrogens (tertiary/aromatic N) is 1. The number of hydrogen-bond acceptors (Lipinski definition) is 6. The summed E-state index contributed by atoms with van der Waals surface area (Å²) in [6, 6.07) is 5.19. The fourth-order valence-electron chi connectivity index (χ4n) is 1.47. The molecule has 19 heavy (non-hydrogen) atoms. The molecule has 1 unspecified atom stereocenters. The van der Waals surface area contributed by atoms with Gasteiger partial charge in [0.05, 0.1) is 18.1 Å². The van der Waals surface area contributed by atoms with Crippen LogP contribution in [0.25, 0.3) is 0 Å². The number of nitro benzene ring substituents is 1. The lowest BCUT2D eigenvalue weighted by atomic mass is 10.3. The number of rotatable bonds is 7. The van der Waals surface area contributed by atoms with E-state index in [0.29, 0.717) is 12.3 Å². The smallest absolute Gasteiger partial charge is 0.326 e. The normalized spacial score (nSPS) is 11.7. The summed E-state index contributed by atoms with van der Waals surface area (Å²) in [5.41, 5.74) is -0.0597. The summed E-state index contributed by atoms with van der Waals surface area (Å²) >= 11 is 0. The van der Waals surface area contributed by atoms with Crippen molar-refractivity contribution in [1.29, 1.82) is 0 Å². The molecule has 0 aliphatic rings. The number of nitro groups is 1. The van der Waals surface area contributed by atoms with Gasteiger partial charge >= 0.3 is 5.97 Å². The van der Waals surface area contributed by atoms with E-state index in [-0.39, 0.29) is 12.3 Å². The van der Waals surface area contributed by atoms with E-state index in [1.807, 2.05) is 6.92 Å². The summed E-state index contributed by atoms with van der Waals surface area (Å²) in [6.07, 6.45) is 0. The van der Waals surface area contributed by atoms with Crippen molar-refractivity contribution in [3.05, 3.63) is 34.4 Å². The highest BCUT2D eigenvalue weighted by Gasteiger charge is 2.19. The third-order valence-electron chi connectivity index (χ3n) is 2.38. The first-order valence-electron chi connectivity index (χ1n) is 5.77. The van der Waals surface area contributed by atoms with Crippen LogP contribution in [0, 0.1) is 10.1 Å². The van der Waals surface area contributed by atoms with Crippen LogP contribution in [0.2, 0.25) is 0 Å². The molecule has 0 saturated carbocycles. The molecule has 1 atom stereocenters. The maximum absolute atomic E-state index is 11.4. The van der Waals surface area contributed by atoms with Gasteiger partial charge in [-0.15, -0.1) is 0 Å². The number of carbonyl (C=O) groups excluding carboxylic acids is 1. The highest BCUT2D eigenvalue weighted by Crippen LogP contribution is 2.19. The van der Waals surface area contributed by atoms with Crippen molar-refractivity contribution < 1.29 is 19.2 Å². The van der Waals surface area contributed by atoms with Gasteiger partial charge in [0.1, 0.15) is 18.4 Å². The summed E-state index contributed by atoms with van der Waals surface area (Å²) in [4.78, 5) is 21.5. The summed E-state index contributed by atoms with van der Waals surface area (Å²) in [5.74, 6) is -0.103. The SMILES string of the molecule is CCNC(COc1cccc([N+](=O)[O-])c1)C(=O)OC. The highest BCUT2D eigenvalue weighted by molar-refractivity contribution is 5.75. The van der Waals surface area contributed by atoms with Crippen LogP contribution in [0.3, 0.4) is 0 Å². The zero-order valence-corrected chi connectivity index (χ0v) is 10.8. The summed E-state index contributed by atoms with van der Waals surface area (Å²) < 4.78 is 9.99. The van der Waals surface area contributed by atoms with Crippen LogP contribution in [0.1, 0.15) is 6.92 Å². The van der Waals surface area contributed by atoms with E-state index >= 15 is 0 Å². The van der Waals surface area contributed by atoms with Gasteiger partial charge in [0, 0.05) is 6.07 Å². The second-order valence-electron chi connectivity index (χ2n) is 3.70. The minimum Gasteiger partial charge on any atom is -0.491 e. The Morgan fingerprint density at radius 2 is 2.26 bits per heavy atom. The third-order valence-corrected chi connectivity index (χ3v) is 2.38. The van der Waals surface area contributed by atoms with Gasteiger partial charge in [0.2, 0.25) is 0 Å². The van der Waals surface area contributed by atoms with Gasteiger partial charge < -0.3 is 14.8 Å². The van der Waals surface area contributed by atoms with Crippen LogP contribution in [-0.2, 0) is 9.53 Å². The van der Waals surface area contributed by atoms with E-state index in [9.17, 15) is 14.9 Å². The fourth-order valence-corrected chi connectivity index (χ4v) is 1.47. The van der Waals surface area contributed by atoms with Crippen LogP contribution >= 0.6 is 0 Å². The molecule has 0 heterocycles. The van der Waals surface area contributed by atoms with Gasteiger partial charge in [-0.05, 0) is 12.6 Å². The Hall–Kier alpha value is -2.15. The average Bonchev–Trinajstić information content (AvgIpc) is 2.42. The van der Waals surface area contributed by atoms with Crippen LogP contribution in [0.15, 0.2) is 24.3 Å². The lowest BCUT2D eigenvalue weighted by Crippen LogP contribution is -2.42. The number of benzene rings is 1. The Labute approximate surface area is 110 Å². The van der Waals surface area contributed by atoms with Gasteiger partial charge in [-0.1, -0.05) is 13.0 Å². The molecular formula is C12H16N2O5. The van der Waals surface area contributed by atoms with Crippen molar-refractivity contribution in [2.24, 2.45) is 0 Å². The van der Waals surface area contributed by atoms with E-state index in [4.69, 9.17) is 4.74 Å². The van der Waals surface area contributed by atoms with E-state index in [2.05, 4.69) is 10.1 Å². The largest absolute Gasteiger partial charge is 0.491 e. The lowest BCUT2D eigenvalue weighted by Gasteiger charge is -2.16. The van der Waals surface area contributed by atoms with Crippen molar-refractivity contribution in [2.45, 2.75) is 13.0 Å². The molecule has 104 valence electrons. The molecule has 0 radical (unpaired) electrons. The molecule has 7 nitrogen and oxygen atoms in total. The summed E-state index contributed by atoms with van der Waals surface area (Å²) in [6.45, 7) is 2.48. The molecule has 0 aliphatic carbocycles. The Bertz CT molecular complexity index is 450. The molecule has 0 aromatic heterocycles. The number of esters is 1. The van der Waals surface area contributed by atoms with E-state index < -0.39 is 16.9 Å². The predicted molar refractivity (Wildman–Crippen MR) is 68.1 cm³/mol. The van der Waals surface area contributed by atoms with Crippen molar-refractivity contribution in [1.82, 2.24) is 5.32 Å². The lowest BCUT2D eigenvalue weighted by molar-refractivity contribution is -0.384. The summed E-state index contributed by atoms with van der Waals surface area (Å²) in [7, 11) is 1.29. The maximum atomic E-state index is 11.4. The molecule has 0 bridgehead atoms. The van der Waals surface area contributed by atoms with Crippen LogP contribution < -0.4 is 10.1 Å². The molecule has 1 rings (SSSR count). The monoisotopic (exact) mass is 268 g/mol. The van der Waals surface area contributed by atoms with Gasteiger partial charge in [0.25, 0.3) is 5.69 Å². The number of non-ortho nitro benzene ring substituents is 1. The minimum absolute atomic E-state index is 0.0433. The number of hydrogen-bond donors (Lipinski definition) is 1. The van der Waals surface area contributed by atoms with Gasteiger partial charge in [0.15, 0.2) is 0 Å². The van der Waals surface area contributed by atoms with Crippen molar-refractivity contribution in [3.63, 3.8) is 0 Å². The molecule has 7 heteroatoms. The first-order chi connectivity index (χ1) is 9.08. The van der Waals surface area contributed by atoms with Gasteiger partial charge in [-0.2, -0.15) is 0 Å². The van der Waals surface area contributed by atoms with Gasteiger partial charge in [-0.25, -0.2) is 0 Å². The second-order valence-corrected chi connectivity index (χ2v) is 3.70. The molecular weight excluding hydrogens is 252 g/mol. The van der Waals surface area contributed by atoms with Crippen molar-refractivity contribution >= 4 is 11.7 Å². The second kappa shape index (κ2) is 7.32. The third kappa shape index (κ3) is 4.55. The van der Waals surface area contributed by atoms with Crippen molar-refractivity contribution in [3.8, 4) is 5.75 Å². The molecule has 1 N–H and O–H groups in total. The minimum atomic E-state index is -0.603. The predicted octanol–water partition coefficient (Wildman–Crippen LogP) is 1.12. The number of ether oxygens (including phenoxy) is 2. The van der Waals surface area contributed by atoms with Crippen molar-refractivity contribution in [2.75, 3.05) is 20.3 Å². The van der Waals surface area contributed by atoms with Gasteiger partial charge in [-0.3, -0.25) is 14.9 Å². The Morgan fingerprint density at radius 3 is 2.84 bits per heavy atom. The Morgan fingerprint density at radius 1 is 1.53 bits per heavy atom. The zero-order valence-electron chi connectivity index (χ0n) is 10.8. The standard InChI is InChI=1S/C12H16N2O5/c1-3-13-11(12(15)18-2)8-19-10-6-4-5-9(7-10)14(16)17/h4-7,11,13H,3,8H2,1-2H3. The number of likely N-dealkylation sites (N-methyl/N-ethyl adjacent to an activating group) is 1. The molecule has 0 saturated heterocycles. The molecule has 0 aliphatic heterocycles. The number of carbonyl (C=O) groups is 1. The number of methoxy groups -OCH3 is 1.